The van der Waals surface area contributed by atoms with E-state index in [0.717, 1.165) is 36.9 Å². The normalized spacial score (nSPS) is 25.9. The smallest absolute Gasteiger partial charge is 0.306 e. The van der Waals surface area contributed by atoms with Crippen molar-refractivity contribution < 1.29 is 23.9 Å². The number of carbonyl (C=O) groups excluding carboxylic acids is 4. The molecule has 5 atom stereocenters. The zero-order valence-electron chi connectivity index (χ0n) is 23.0. The van der Waals surface area contributed by atoms with Crippen LogP contribution in [0.2, 0.25) is 0 Å². The summed E-state index contributed by atoms with van der Waals surface area (Å²) in [7, 11) is 1.85. The predicted molar refractivity (Wildman–Crippen MR) is 147 cm³/mol. The fourth-order valence-electron chi connectivity index (χ4n) is 5.63. The van der Waals surface area contributed by atoms with Crippen LogP contribution in [0.3, 0.4) is 0 Å². The topological polar surface area (TPSA) is 129 Å². The highest BCUT2D eigenvalue weighted by Gasteiger charge is 2.43. The molecule has 1 aromatic carbocycles. The third-order valence-electron chi connectivity index (χ3n) is 8.03. The number of likely N-dealkylation sites (N-methyl/N-ethyl adjacent to an activating group) is 1. The predicted octanol–water partition coefficient (Wildman–Crippen LogP) is 2.35. The Balaban J connectivity index is 1.36. The van der Waals surface area contributed by atoms with Crippen LogP contribution >= 0.6 is 0 Å². The number of anilines is 1. The van der Waals surface area contributed by atoms with E-state index in [1.165, 1.54) is 0 Å². The molecule has 4 N–H and O–H groups in total. The van der Waals surface area contributed by atoms with Gasteiger partial charge in [-0.25, -0.2) is 0 Å². The lowest BCUT2D eigenvalue weighted by atomic mass is 9.98. The molecule has 4 rings (SSSR count). The van der Waals surface area contributed by atoms with Gasteiger partial charge in [0.25, 0.3) is 5.91 Å². The average Bonchev–Trinajstić information content (AvgIpc) is 3.35. The van der Waals surface area contributed by atoms with Crippen molar-refractivity contribution in [2.75, 3.05) is 12.4 Å². The monoisotopic (exact) mass is 539 g/mol. The fraction of sp³-hybridized carbons (Fsp3) is 0.586. The van der Waals surface area contributed by atoms with Gasteiger partial charge < -0.3 is 30.9 Å². The molecule has 39 heavy (non-hydrogen) atoms. The van der Waals surface area contributed by atoms with Gasteiger partial charge in [-0.1, -0.05) is 31.6 Å². The summed E-state index contributed by atoms with van der Waals surface area (Å²) in [5.41, 5.74) is 2.15. The largest absolute Gasteiger partial charge is 0.452 e. The van der Waals surface area contributed by atoms with Crippen LogP contribution in [0.25, 0.3) is 0 Å². The zero-order chi connectivity index (χ0) is 27.9. The van der Waals surface area contributed by atoms with Gasteiger partial charge in [-0.05, 0) is 70.2 Å². The quantitative estimate of drug-likeness (QED) is 0.355. The fourth-order valence-corrected chi connectivity index (χ4v) is 5.63. The molecule has 3 fully saturated rings. The molecule has 3 amide bonds. The van der Waals surface area contributed by atoms with Gasteiger partial charge in [-0.2, -0.15) is 0 Å². The second-order valence-electron chi connectivity index (χ2n) is 10.8. The highest BCUT2D eigenvalue weighted by atomic mass is 16.5. The maximum absolute atomic E-state index is 13.7. The number of nitrogens with zero attached hydrogens (tertiary/aromatic N) is 1. The molecule has 0 spiro atoms. The molecule has 0 bridgehead atoms. The van der Waals surface area contributed by atoms with Gasteiger partial charge >= 0.3 is 5.97 Å². The number of hydrogen-bond donors (Lipinski definition) is 4. The van der Waals surface area contributed by atoms with Crippen molar-refractivity contribution in [2.24, 2.45) is 0 Å². The summed E-state index contributed by atoms with van der Waals surface area (Å²) in [6.45, 7) is 6.35. The second kappa shape index (κ2) is 13.1. The number of carbonyl (C=O) groups is 4. The maximum Gasteiger partial charge on any atom is 0.306 e. The Bertz CT molecular complexity index is 1090. The molecular weight excluding hydrogens is 498 g/mol. The average molecular weight is 540 g/mol. The van der Waals surface area contributed by atoms with Gasteiger partial charge in [0, 0.05) is 36.4 Å². The van der Waals surface area contributed by atoms with E-state index in [1.807, 2.05) is 24.9 Å². The van der Waals surface area contributed by atoms with Crippen molar-refractivity contribution in [2.45, 2.75) is 102 Å². The van der Waals surface area contributed by atoms with E-state index in [9.17, 15) is 19.2 Å². The van der Waals surface area contributed by atoms with Crippen LogP contribution in [-0.4, -0.2) is 65.9 Å². The molecule has 1 unspecified atom stereocenters. The number of cyclic esters (lactones) is 1. The third-order valence-corrected chi connectivity index (χ3v) is 8.03. The van der Waals surface area contributed by atoms with Crippen LogP contribution in [-0.2, 0) is 30.5 Å². The molecule has 0 aromatic heterocycles. The number of fused-ring (bicyclic) bond motifs is 1. The Hall–Kier alpha value is -3.40. The Morgan fingerprint density at radius 3 is 2.64 bits per heavy atom. The van der Waals surface area contributed by atoms with E-state index in [0.29, 0.717) is 37.8 Å². The molecular formula is C29H41N5O5. The van der Waals surface area contributed by atoms with Crippen molar-refractivity contribution >= 4 is 29.4 Å². The minimum Gasteiger partial charge on any atom is -0.452 e. The van der Waals surface area contributed by atoms with Crippen LogP contribution in [0.15, 0.2) is 36.5 Å². The lowest BCUT2D eigenvalue weighted by molar-refractivity contribution is -0.158. The molecule has 3 heterocycles. The van der Waals surface area contributed by atoms with Crippen LogP contribution in [0.1, 0.15) is 70.3 Å². The van der Waals surface area contributed by atoms with E-state index in [2.05, 4.69) is 27.8 Å². The van der Waals surface area contributed by atoms with Gasteiger partial charge in [0.05, 0.1) is 0 Å². The van der Waals surface area contributed by atoms with Gasteiger partial charge in [0.1, 0.15) is 12.1 Å². The van der Waals surface area contributed by atoms with Crippen molar-refractivity contribution in [3.05, 3.63) is 42.1 Å². The standard InChI is InChI=1S/C29H41N5O5/c1-18(30-3)19(2)32-23-11-5-4-10-22-14-15-24(34(22)29(23)38)27(36)31-17-20-8-6-9-21(16-20)33-28(37)25-12-7-13-26(35)39-25/h6,8-9,16,18,22-25,30,32H,2,4-5,7,10-15,17H2,1,3H3,(H,31,36)(H,33,37)/t18-,22-,23-,24-,25?/m0/s1. The van der Waals surface area contributed by atoms with Gasteiger partial charge in [-0.3, -0.25) is 19.2 Å². The summed E-state index contributed by atoms with van der Waals surface area (Å²) in [5.74, 6) is -0.914. The van der Waals surface area contributed by atoms with Crippen LogP contribution in [0, 0.1) is 0 Å². The van der Waals surface area contributed by atoms with Crippen molar-refractivity contribution in [1.82, 2.24) is 20.9 Å². The van der Waals surface area contributed by atoms with Gasteiger partial charge in [0.15, 0.2) is 6.10 Å². The van der Waals surface area contributed by atoms with Crippen molar-refractivity contribution in [3.8, 4) is 0 Å². The van der Waals surface area contributed by atoms with E-state index >= 15 is 0 Å². The second-order valence-corrected chi connectivity index (χ2v) is 10.8. The minimum absolute atomic E-state index is 0.0231. The molecule has 0 saturated carbocycles. The summed E-state index contributed by atoms with van der Waals surface area (Å²) in [4.78, 5) is 52.8. The van der Waals surface area contributed by atoms with E-state index in [-0.39, 0.29) is 42.3 Å². The first-order valence-electron chi connectivity index (χ1n) is 14.1. The van der Waals surface area contributed by atoms with Crippen molar-refractivity contribution in [1.29, 1.82) is 0 Å². The summed E-state index contributed by atoms with van der Waals surface area (Å²) < 4.78 is 5.15. The summed E-state index contributed by atoms with van der Waals surface area (Å²) in [6.07, 6.45) is 5.75. The Labute approximate surface area is 230 Å². The highest BCUT2D eigenvalue weighted by molar-refractivity contribution is 5.96. The lowest BCUT2D eigenvalue weighted by Gasteiger charge is -2.36. The number of nitrogens with one attached hydrogen (secondary N) is 4. The Morgan fingerprint density at radius 2 is 1.87 bits per heavy atom. The van der Waals surface area contributed by atoms with Crippen LogP contribution in [0.5, 0.6) is 0 Å². The number of rotatable bonds is 9. The number of benzene rings is 1. The first-order chi connectivity index (χ1) is 18.8. The summed E-state index contributed by atoms with van der Waals surface area (Å²) in [5, 5.41) is 12.3. The van der Waals surface area contributed by atoms with E-state index < -0.39 is 18.2 Å². The molecule has 3 aliphatic heterocycles. The Kier molecular flexibility index (Phi) is 9.61. The molecule has 212 valence electrons. The van der Waals surface area contributed by atoms with Gasteiger partial charge in [-0.15, -0.1) is 0 Å². The number of amides is 3. The molecule has 10 heteroatoms. The van der Waals surface area contributed by atoms with Crippen LogP contribution < -0.4 is 21.3 Å². The molecule has 3 aliphatic rings. The van der Waals surface area contributed by atoms with Crippen LogP contribution in [0.4, 0.5) is 5.69 Å². The number of esters is 1. The first-order valence-corrected chi connectivity index (χ1v) is 14.1. The number of hydrogen-bond acceptors (Lipinski definition) is 7. The SMILES string of the molecule is C=C(N[C@H]1CCCC[C@H]2CC[C@@H](C(=O)NCc3cccc(NC(=O)C4CCCC(=O)O4)c3)N2C1=O)[C@H](C)NC. The van der Waals surface area contributed by atoms with E-state index in [4.69, 9.17) is 4.74 Å². The summed E-state index contributed by atoms with van der Waals surface area (Å²) in [6, 6.07) is 6.39. The zero-order valence-corrected chi connectivity index (χ0v) is 23.0. The molecule has 10 nitrogen and oxygen atoms in total. The summed E-state index contributed by atoms with van der Waals surface area (Å²) >= 11 is 0. The highest BCUT2D eigenvalue weighted by Crippen LogP contribution is 2.31. The maximum atomic E-state index is 13.7. The molecule has 3 saturated heterocycles. The molecule has 0 aliphatic carbocycles. The molecule has 1 aromatic rings. The number of ether oxygens (including phenoxy) is 1. The minimum atomic E-state index is -0.780. The third kappa shape index (κ3) is 7.17. The lowest BCUT2D eigenvalue weighted by Crippen LogP contribution is -2.56. The van der Waals surface area contributed by atoms with Gasteiger partial charge in [0.2, 0.25) is 11.8 Å². The Morgan fingerprint density at radius 1 is 1.08 bits per heavy atom. The molecule has 0 radical (unpaired) electrons. The van der Waals surface area contributed by atoms with E-state index in [1.54, 1.807) is 18.2 Å². The first kappa shape index (κ1) is 28.6. The van der Waals surface area contributed by atoms with Crippen molar-refractivity contribution in [3.63, 3.8) is 0 Å².